The van der Waals surface area contributed by atoms with Crippen LogP contribution in [0.1, 0.15) is 43.5 Å². The van der Waals surface area contributed by atoms with E-state index in [0.717, 1.165) is 12.2 Å². The molecule has 0 bridgehead atoms. The van der Waals surface area contributed by atoms with Gasteiger partial charge in [-0.05, 0) is 40.7 Å². The first-order chi connectivity index (χ1) is 9.91. The second-order valence-corrected chi connectivity index (χ2v) is 6.50. The fourth-order valence-corrected chi connectivity index (χ4v) is 2.67. The van der Waals surface area contributed by atoms with Crippen LogP contribution in [0.4, 0.5) is 0 Å². The van der Waals surface area contributed by atoms with Crippen LogP contribution < -0.4 is 10.5 Å². The molecule has 0 fully saturated rings. The molecule has 0 heterocycles. The first kappa shape index (κ1) is 15.6. The molecular weight excluding hydrogens is 258 g/mol. The van der Waals surface area contributed by atoms with Crippen molar-refractivity contribution in [2.24, 2.45) is 5.73 Å². The zero-order chi connectivity index (χ0) is 15.5. The summed E-state index contributed by atoms with van der Waals surface area (Å²) in [7, 11) is 1.69. The molecule has 0 aromatic heterocycles. The van der Waals surface area contributed by atoms with Crippen molar-refractivity contribution in [2.45, 2.75) is 38.6 Å². The quantitative estimate of drug-likeness (QED) is 0.911. The Morgan fingerprint density at radius 3 is 2.43 bits per heavy atom. The minimum absolute atomic E-state index is 0.00692. The molecule has 112 valence electrons. The van der Waals surface area contributed by atoms with Gasteiger partial charge < -0.3 is 10.5 Å². The van der Waals surface area contributed by atoms with Gasteiger partial charge in [-0.2, -0.15) is 0 Å². The van der Waals surface area contributed by atoms with Crippen LogP contribution in [0.25, 0.3) is 0 Å². The summed E-state index contributed by atoms with van der Waals surface area (Å²) in [6.07, 6.45) is 0.810. The van der Waals surface area contributed by atoms with Crippen LogP contribution >= 0.6 is 0 Å². The van der Waals surface area contributed by atoms with Gasteiger partial charge in [0.15, 0.2) is 0 Å². The first-order valence-electron chi connectivity index (χ1n) is 7.39. The molecule has 0 saturated carbocycles. The smallest absolute Gasteiger partial charge is 0.119 e. The molecule has 0 amide bonds. The van der Waals surface area contributed by atoms with Crippen LogP contribution in [0.15, 0.2) is 48.5 Å². The number of rotatable bonds is 4. The van der Waals surface area contributed by atoms with Crippen molar-refractivity contribution in [3.63, 3.8) is 0 Å². The standard InChI is InChI=1S/C19H25NO/c1-19(2,3)17-11-6-5-10-16(17)18(20)13-14-8-7-9-15(12-14)21-4/h5-12,18H,13,20H2,1-4H3. The molecule has 2 heteroatoms. The van der Waals surface area contributed by atoms with E-state index in [0.29, 0.717) is 0 Å². The van der Waals surface area contributed by atoms with E-state index in [2.05, 4.69) is 57.2 Å². The number of benzene rings is 2. The number of methoxy groups -OCH3 is 1. The molecule has 0 saturated heterocycles. The third-order valence-corrected chi connectivity index (χ3v) is 3.76. The lowest BCUT2D eigenvalue weighted by Crippen LogP contribution is -2.21. The number of hydrogen-bond donors (Lipinski definition) is 1. The Morgan fingerprint density at radius 2 is 1.76 bits per heavy atom. The molecule has 21 heavy (non-hydrogen) atoms. The summed E-state index contributed by atoms with van der Waals surface area (Å²) in [5.41, 5.74) is 10.3. The van der Waals surface area contributed by atoms with Crippen LogP contribution in [0, 0.1) is 0 Å². The fourth-order valence-electron chi connectivity index (χ4n) is 2.67. The average Bonchev–Trinajstić information content (AvgIpc) is 2.46. The van der Waals surface area contributed by atoms with Crippen LogP contribution in [0.2, 0.25) is 0 Å². The van der Waals surface area contributed by atoms with Gasteiger partial charge in [0.2, 0.25) is 0 Å². The fraction of sp³-hybridized carbons (Fsp3) is 0.368. The van der Waals surface area contributed by atoms with Crippen molar-refractivity contribution in [3.05, 3.63) is 65.2 Å². The monoisotopic (exact) mass is 283 g/mol. The summed E-state index contributed by atoms with van der Waals surface area (Å²) in [5, 5.41) is 0. The predicted octanol–water partition coefficient (Wildman–Crippen LogP) is 4.24. The minimum Gasteiger partial charge on any atom is -0.497 e. The lowest BCUT2D eigenvalue weighted by Gasteiger charge is -2.26. The van der Waals surface area contributed by atoms with Gasteiger partial charge in [0, 0.05) is 6.04 Å². The van der Waals surface area contributed by atoms with Gasteiger partial charge in [-0.1, -0.05) is 57.2 Å². The van der Waals surface area contributed by atoms with Gasteiger partial charge in [-0.3, -0.25) is 0 Å². The largest absolute Gasteiger partial charge is 0.497 e. The molecule has 2 nitrogen and oxygen atoms in total. The summed E-state index contributed by atoms with van der Waals surface area (Å²) in [4.78, 5) is 0. The Balaban J connectivity index is 2.26. The maximum absolute atomic E-state index is 6.48. The van der Waals surface area contributed by atoms with Gasteiger partial charge in [-0.15, -0.1) is 0 Å². The van der Waals surface area contributed by atoms with Crippen LogP contribution in [0.3, 0.4) is 0 Å². The molecule has 2 aromatic carbocycles. The van der Waals surface area contributed by atoms with Gasteiger partial charge in [0.1, 0.15) is 5.75 Å². The minimum atomic E-state index is -0.00692. The average molecular weight is 283 g/mol. The lowest BCUT2D eigenvalue weighted by atomic mass is 9.81. The number of nitrogens with two attached hydrogens (primary N) is 1. The van der Waals surface area contributed by atoms with Gasteiger partial charge in [0.05, 0.1) is 7.11 Å². The predicted molar refractivity (Wildman–Crippen MR) is 88.8 cm³/mol. The second-order valence-electron chi connectivity index (χ2n) is 6.50. The Morgan fingerprint density at radius 1 is 1.05 bits per heavy atom. The first-order valence-corrected chi connectivity index (χ1v) is 7.39. The van der Waals surface area contributed by atoms with Crippen molar-refractivity contribution in [1.29, 1.82) is 0 Å². The SMILES string of the molecule is COc1cccc(CC(N)c2ccccc2C(C)(C)C)c1. The molecule has 0 radical (unpaired) electrons. The van der Waals surface area contributed by atoms with Crippen molar-refractivity contribution in [2.75, 3.05) is 7.11 Å². The van der Waals surface area contributed by atoms with Gasteiger partial charge in [0.25, 0.3) is 0 Å². The van der Waals surface area contributed by atoms with Gasteiger partial charge in [-0.25, -0.2) is 0 Å². The van der Waals surface area contributed by atoms with Crippen LogP contribution in [-0.2, 0) is 11.8 Å². The third-order valence-electron chi connectivity index (χ3n) is 3.76. The summed E-state index contributed by atoms with van der Waals surface area (Å²) >= 11 is 0. The van der Waals surface area contributed by atoms with Crippen molar-refractivity contribution >= 4 is 0 Å². The van der Waals surface area contributed by atoms with E-state index < -0.39 is 0 Å². The molecule has 1 atom stereocenters. The molecule has 2 aromatic rings. The van der Waals surface area contributed by atoms with Crippen LogP contribution in [0.5, 0.6) is 5.75 Å². The number of ether oxygens (including phenoxy) is 1. The maximum atomic E-state index is 6.48. The van der Waals surface area contributed by atoms with Gasteiger partial charge >= 0.3 is 0 Å². The molecule has 2 N–H and O–H groups in total. The Bertz CT molecular complexity index is 599. The summed E-state index contributed by atoms with van der Waals surface area (Å²) in [5.74, 6) is 0.879. The maximum Gasteiger partial charge on any atom is 0.119 e. The molecule has 0 aliphatic heterocycles. The topological polar surface area (TPSA) is 35.2 Å². The highest BCUT2D eigenvalue weighted by atomic mass is 16.5. The van der Waals surface area contributed by atoms with E-state index in [1.54, 1.807) is 7.11 Å². The lowest BCUT2D eigenvalue weighted by molar-refractivity contribution is 0.414. The van der Waals surface area contributed by atoms with E-state index in [1.807, 2.05) is 12.1 Å². The number of hydrogen-bond acceptors (Lipinski definition) is 2. The highest BCUT2D eigenvalue weighted by Gasteiger charge is 2.20. The Labute approximate surface area is 127 Å². The van der Waals surface area contributed by atoms with E-state index in [1.165, 1.54) is 16.7 Å². The Kier molecular flexibility index (Phi) is 4.69. The normalized spacial score (nSPS) is 13.0. The summed E-state index contributed by atoms with van der Waals surface area (Å²) < 4.78 is 5.28. The molecule has 1 unspecified atom stereocenters. The summed E-state index contributed by atoms with van der Waals surface area (Å²) in [6, 6.07) is 16.6. The van der Waals surface area contributed by atoms with Crippen molar-refractivity contribution < 1.29 is 4.74 Å². The van der Waals surface area contributed by atoms with Crippen molar-refractivity contribution in [1.82, 2.24) is 0 Å². The zero-order valence-electron chi connectivity index (χ0n) is 13.4. The Hall–Kier alpha value is -1.80. The molecule has 0 aliphatic carbocycles. The third kappa shape index (κ3) is 3.85. The van der Waals surface area contributed by atoms with E-state index in [4.69, 9.17) is 10.5 Å². The molecular formula is C19H25NO. The second kappa shape index (κ2) is 6.31. The summed E-state index contributed by atoms with van der Waals surface area (Å²) in [6.45, 7) is 6.68. The van der Waals surface area contributed by atoms with Crippen LogP contribution in [-0.4, -0.2) is 7.11 Å². The highest BCUT2D eigenvalue weighted by Crippen LogP contribution is 2.30. The molecule has 0 aliphatic rings. The highest BCUT2D eigenvalue weighted by molar-refractivity contribution is 5.37. The molecule has 0 spiro atoms. The molecule has 2 rings (SSSR count). The van der Waals surface area contributed by atoms with E-state index in [-0.39, 0.29) is 11.5 Å². The zero-order valence-corrected chi connectivity index (χ0v) is 13.4. The van der Waals surface area contributed by atoms with Crippen molar-refractivity contribution in [3.8, 4) is 5.75 Å². The van der Waals surface area contributed by atoms with E-state index >= 15 is 0 Å². The van der Waals surface area contributed by atoms with E-state index in [9.17, 15) is 0 Å².